The number of carbonyl (C=O) groups is 1. The van der Waals surface area contributed by atoms with Crippen molar-refractivity contribution in [1.82, 2.24) is 0 Å². The van der Waals surface area contributed by atoms with Crippen molar-refractivity contribution in [1.29, 1.82) is 0 Å². The first-order chi connectivity index (χ1) is 9.45. The molecule has 0 bridgehead atoms. The van der Waals surface area contributed by atoms with Gasteiger partial charge in [0.2, 0.25) is 10.0 Å². The Bertz CT molecular complexity index is 611. The van der Waals surface area contributed by atoms with E-state index in [1.54, 1.807) is 6.07 Å². The highest BCUT2D eigenvalue weighted by molar-refractivity contribution is 7.92. The number of anilines is 1. The molecular weight excluding hydrogens is 282 g/mol. The summed E-state index contributed by atoms with van der Waals surface area (Å²) < 4.78 is 30.7. The van der Waals surface area contributed by atoms with E-state index in [1.165, 1.54) is 23.5 Å². The number of benzene rings is 1. The highest BCUT2D eigenvalue weighted by Gasteiger charge is 2.29. The summed E-state index contributed by atoms with van der Waals surface area (Å²) in [6, 6.07) is 4.62. The molecule has 0 saturated carbocycles. The average Bonchev–Trinajstić information content (AvgIpc) is 2.82. The number of hydrogen-bond acceptors (Lipinski definition) is 4. The minimum absolute atomic E-state index is 0.00240. The Labute approximate surface area is 118 Å². The third-order valence-corrected chi connectivity index (χ3v) is 5.13. The molecule has 0 saturated heterocycles. The van der Waals surface area contributed by atoms with Crippen molar-refractivity contribution < 1.29 is 23.1 Å². The van der Waals surface area contributed by atoms with Crippen molar-refractivity contribution in [3.63, 3.8) is 0 Å². The topological polar surface area (TPSA) is 83.9 Å². The number of nitrogens with zero attached hydrogens (tertiary/aromatic N) is 1. The lowest BCUT2D eigenvalue weighted by Gasteiger charge is -2.19. The zero-order valence-electron chi connectivity index (χ0n) is 11.2. The van der Waals surface area contributed by atoms with Crippen LogP contribution in [0.4, 0.5) is 5.69 Å². The van der Waals surface area contributed by atoms with Crippen LogP contribution in [0, 0.1) is 0 Å². The normalized spacial score (nSPS) is 14.3. The Morgan fingerprint density at radius 3 is 2.85 bits per heavy atom. The number of ether oxygens (including phenoxy) is 1. The largest absolute Gasteiger partial charge is 0.478 e. The van der Waals surface area contributed by atoms with E-state index >= 15 is 0 Å². The lowest BCUT2D eigenvalue weighted by Crippen LogP contribution is -2.31. The van der Waals surface area contributed by atoms with Gasteiger partial charge in [-0.05, 0) is 30.5 Å². The van der Waals surface area contributed by atoms with Gasteiger partial charge in [-0.2, -0.15) is 0 Å². The van der Waals surface area contributed by atoms with Crippen LogP contribution in [0.2, 0.25) is 0 Å². The van der Waals surface area contributed by atoms with E-state index in [-0.39, 0.29) is 11.3 Å². The second-order valence-electron chi connectivity index (χ2n) is 4.63. The molecule has 20 heavy (non-hydrogen) atoms. The van der Waals surface area contributed by atoms with Gasteiger partial charge in [0.25, 0.3) is 0 Å². The number of sulfonamides is 1. The molecule has 2 rings (SSSR count). The molecule has 0 radical (unpaired) electrons. The summed E-state index contributed by atoms with van der Waals surface area (Å²) in [5.41, 5.74) is 1.45. The number of hydrogen-bond donors (Lipinski definition) is 1. The molecule has 0 spiro atoms. The maximum atomic E-state index is 12.3. The van der Waals surface area contributed by atoms with Gasteiger partial charge in [0.15, 0.2) is 0 Å². The highest BCUT2D eigenvalue weighted by atomic mass is 32.2. The minimum atomic E-state index is -3.43. The zero-order valence-corrected chi connectivity index (χ0v) is 12.0. The second kappa shape index (κ2) is 5.80. The van der Waals surface area contributed by atoms with Gasteiger partial charge in [0.1, 0.15) is 0 Å². The van der Waals surface area contributed by atoms with Crippen molar-refractivity contribution >= 4 is 21.7 Å². The Morgan fingerprint density at radius 2 is 2.20 bits per heavy atom. The number of methoxy groups -OCH3 is 1. The van der Waals surface area contributed by atoms with Crippen LogP contribution in [0.5, 0.6) is 0 Å². The molecule has 7 heteroatoms. The van der Waals surface area contributed by atoms with Gasteiger partial charge in [-0.3, -0.25) is 4.31 Å². The first-order valence-electron chi connectivity index (χ1n) is 6.31. The van der Waals surface area contributed by atoms with Gasteiger partial charge < -0.3 is 9.84 Å². The van der Waals surface area contributed by atoms with Gasteiger partial charge in [-0.15, -0.1) is 0 Å². The van der Waals surface area contributed by atoms with Crippen LogP contribution < -0.4 is 4.31 Å². The van der Waals surface area contributed by atoms with Crippen LogP contribution in [-0.4, -0.2) is 45.5 Å². The summed E-state index contributed by atoms with van der Waals surface area (Å²) in [5, 5.41) is 8.99. The van der Waals surface area contributed by atoms with Gasteiger partial charge in [0, 0.05) is 20.3 Å². The minimum Gasteiger partial charge on any atom is -0.478 e. The predicted molar refractivity (Wildman–Crippen MR) is 74.7 cm³/mol. The van der Waals surface area contributed by atoms with Crippen molar-refractivity contribution in [2.45, 2.75) is 12.8 Å². The summed E-state index contributed by atoms with van der Waals surface area (Å²) in [4.78, 5) is 11.0. The Hall–Kier alpha value is -1.60. The van der Waals surface area contributed by atoms with Crippen molar-refractivity contribution in [2.75, 3.05) is 30.3 Å². The van der Waals surface area contributed by atoms with Gasteiger partial charge in [-0.25, -0.2) is 13.2 Å². The van der Waals surface area contributed by atoms with Crippen LogP contribution in [0.25, 0.3) is 0 Å². The number of carboxylic acid groups (broad SMARTS) is 1. The highest BCUT2D eigenvalue weighted by Crippen LogP contribution is 2.31. The molecule has 1 aromatic carbocycles. The van der Waals surface area contributed by atoms with Crippen LogP contribution in [0.3, 0.4) is 0 Å². The molecule has 0 atom stereocenters. The molecule has 1 N–H and O–H groups in total. The van der Waals surface area contributed by atoms with Crippen molar-refractivity contribution in [3.05, 3.63) is 29.3 Å². The molecule has 0 aliphatic carbocycles. The van der Waals surface area contributed by atoms with E-state index in [4.69, 9.17) is 9.84 Å². The standard InChI is InChI=1S/C13H17NO5S/c1-19-7-2-8-20(17,18)14-6-5-10-3-4-11(13(15)16)9-12(10)14/h3-4,9H,2,5-8H2,1H3,(H,15,16). The number of aromatic carboxylic acids is 1. The van der Waals surface area contributed by atoms with Crippen LogP contribution >= 0.6 is 0 Å². The fourth-order valence-corrected chi connectivity index (χ4v) is 3.81. The molecule has 6 nitrogen and oxygen atoms in total. The second-order valence-corrected chi connectivity index (χ2v) is 6.65. The molecular formula is C13H17NO5S. The molecule has 1 aromatic rings. The van der Waals surface area contributed by atoms with E-state index in [0.29, 0.717) is 31.7 Å². The molecule has 0 aromatic heterocycles. The van der Waals surface area contributed by atoms with E-state index in [9.17, 15) is 13.2 Å². The number of carboxylic acids is 1. The Morgan fingerprint density at radius 1 is 1.45 bits per heavy atom. The maximum Gasteiger partial charge on any atom is 0.335 e. The fraction of sp³-hybridized carbons (Fsp3) is 0.462. The van der Waals surface area contributed by atoms with E-state index in [1.807, 2.05) is 0 Å². The van der Waals surface area contributed by atoms with Gasteiger partial charge in [0.05, 0.1) is 17.0 Å². The molecule has 0 unspecified atom stereocenters. The quantitative estimate of drug-likeness (QED) is 0.796. The lowest BCUT2D eigenvalue weighted by molar-refractivity contribution is 0.0697. The molecule has 1 heterocycles. The monoisotopic (exact) mass is 299 g/mol. The van der Waals surface area contributed by atoms with Gasteiger partial charge >= 0.3 is 5.97 Å². The zero-order chi connectivity index (χ0) is 14.8. The summed E-state index contributed by atoms with van der Waals surface area (Å²) in [6.45, 7) is 0.753. The predicted octanol–water partition coefficient (Wildman–Crippen LogP) is 1.11. The summed E-state index contributed by atoms with van der Waals surface area (Å²) in [6.07, 6.45) is 1.03. The average molecular weight is 299 g/mol. The maximum absolute atomic E-state index is 12.3. The smallest absolute Gasteiger partial charge is 0.335 e. The van der Waals surface area contributed by atoms with Crippen molar-refractivity contribution in [3.8, 4) is 0 Å². The molecule has 0 amide bonds. The number of fused-ring (bicyclic) bond motifs is 1. The summed E-state index contributed by atoms with van der Waals surface area (Å²) in [5.74, 6) is -1.06. The summed E-state index contributed by atoms with van der Waals surface area (Å²) in [7, 11) is -1.90. The van der Waals surface area contributed by atoms with Crippen molar-refractivity contribution in [2.24, 2.45) is 0 Å². The third kappa shape index (κ3) is 2.94. The van der Waals surface area contributed by atoms with E-state index < -0.39 is 16.0 Å². The van der Waals surface area contributed by atoms with Gasteiger partial charge in [-0.1, -0.05) is 6.07 Å². The van der Waals surface area contributed by atoms with Crippen LogP contribution in [0.15, 0.2) is 18.2 Å². The summed E-state index contributed by atoms with van der Waals surface area (Å²) >= 11 is 0. The molecule has 1 aliphatic heterocycles. The molecule has 0 fully saturated rings. The van der Waals surface area contributed by atoms with Crippen LogP contribution in [-0.2, 0) is 21.2 Å². The Kier molecular flexibility index (Phi) is 4.29. The van der Waals surface area contributed by atoms with E-state index in [2.05, 4.69) is 0 Å². The SMILES string of the molecule is COCCCS(=O)(=O)N1CCc2ccc(C(=O)O)cc21. The first kappa shape index (κ1) is 14.8. The third-order valence-electron chi connectivity index (χ3n) is 3.27. The number of rotatable bonds is 6. The fourth-order valence-electron chi connectivity index (χ4n) is 2.27. The first-order valence-corrected chi connectivity index (χ1v) is 7.92. The van der Waals surface area contributed by atoms with E-state index in [0.717, 1.165) is 5.56 Å². The lowest BCUT2D eigenvalue weighted by atomic mass is 10.1. The molecule has 110 valence electrons. The molecule has 1 aliphatic rings. The Balaban J connectivity index is 2.26. The van der Waals surface area contributed by atoms with Crippen LogP contribution in [0.1, 0.15) is 22.3 Å².